The SMILES string of the molecule is CN(C)C1C=C(c2ccc(F)cc2)Nc2c1ccc(O)c2O. The molecule has 0 amide bonds. The van der Waals surface area contributed by atoms with Crippen LogP contribution in [-0.4, -0.2) is 29.2 Å². The van der Waals surface area contributed by atoms with E-state index in [4.69, 9.17) is 0 Å². The summed E-state index contributed by atoms with van der Waals surface area (Å²) in [4.78, 5) is 2.00. The van der Waals surface area contributed by atoms with E-state index in [1.54, 1.807) is 18.2 Å². The molecular formula is C17H17FN2O2. The zero-order chi connectivity index (χ0) is 15.9. The van der Waals surface area contributed by atoms with Gasteiger partial charge in [0.15, 0.2) is 11.5 Å². The van der Waals surface area contributed by atoms with Crippen LogP contribution in [0, 0.1) is 5.82 Å². The first kappa shape index (κ1) is 14.4. The Morgan fingerprint density at radius 3 is 2.36 bits per heavy atom. The minimum atomic E-state index is -0.301. The molecule has 4 nitrogen and oxygen atoms in total. The number of fused-ring (bicyclic) bond motifs is 1. The third-order valence-corrected chi connectivity index (χ3v) is 3.80. The van der Waals surface area contributed by atoms with Gasteiger partial charge in [0.05, 0.1) is 11.7 Å². The first-order valence-electron chi connectivity index (χ1n) is 6.93. The fourth-order valence-electron chi connectivity index (χ4n) is 2.62. The van der Waals surface area contributed by atoms with Crippen LogP contribution in [-0.2, 0) is 0 Å². The summed E-state index contributed by atoms with van der Waals surface area (Å²) in [6.07, 6.45) is 2.01. The normalized spacial score (nSPS) is 16.9. The summed E-state index contributed by atoms with van der Waals surface area (Å²) in [7, 11) is 3.87. The molecule has 0 fully saturated rings. The molecule has 114 valence electrons. The smallest absolute Gasteiger partial charge is 0.181 e. The lowest BCUT2D eigenvalue weighted by atomic mass is 9.95. The van der Waals surface area contributed by atoms with Gasteiger partial charge in [-0.2, -0.15) is 0 Å². The molecule has 0 bridgehead atoms. The molecule has 0 saturated carbocycles. The molecule has 3 N–H and O–H groups in total. The van der Waals surface area contributed by atoms with E-state index in [1.165, 1.54) is 18.2 Å². The number of nitrogens with zero attached hydrogens (tertiary/aromatic N) is 1. The quantitative estimate of drug-likeness (QED) is 0.745. The van der Waals surface area contributed by atoms with Gasteiger partial charge in [-0.15, -0.1) is 0 Å². The van der Waals surface area contributed by atoms with E-state index in [1.807, 2.05) is 25.1 Å². The zero-order valence-corrected chi connectivity index (χ0v) is 12.3. The summed E-state index contributed by atoms with van der Waals surface area (Å²) in [5.74, 6) is -0.661. The molecule has 1 aliphatic heterocycles. The van der Waals surface area contributed by atoms with E-state index in [9.17, 15) is 14.6 Å². The molecule has 22 heavy (non-hydrogen) atoms. The van der Waals surface area contributed by atoms with Gasteiger partial charge in [0.25, 0.3) is 0 Å². The monoisotopic (exact) mass is 300 g/mol. The highest BCUT2D eigenvalue weighted by Crippen LogP contribution is 2.45. The molecule has 1 atom stereocenters. The maximum atomic E-state index is 13.1. The van der Waals surface area contributed by atoms with Crippen molar-refractivity contribution >= 4 is 11.4 Å². The Morgan fingerprint density at radius 2 is 1.73 bits per heavy atom. The van der Waals surface area contributed by atoms with E-state index < -0.39 is 0 Å². The van der Waals surface area contributed by atoms with Crippen molar-refractivity contribution in [1.82, 2.24) is 4.90 Å². The van der Waals surface area contributed by atoms with Crippen LogP contribution in [0.1, 0.15) is 17.2 Å². The van der Waals surface area contributed by atoms with Crippen molar-refractivity contribution < 1.29 is 14.6 Å². The van der Waals surface area contributed by atoms with Crippen molar-refractivity contribution in [2.45, 2.75) is 6.04 Å². The lowest BCUT2D eigenvalue weighted by Crippen LogP contribution is -2.23. The number of benzene rings is 2. The number of likely N-dealkylation sites (N-methyl/N-ethyl adjacent to an activating group) is 1. The molecule has 1 aliphatic rings. The van der Waals surface area contributed by atoms with Crippen molar-refractivity contribution in [3.8, 4) is 11.5 Å². The minimum absolute atomic E-state index is 0.0668. The maximum Gasteiger partial charge on any atom is 0.181 e. The second-order valence-corrected chi connectivity index (χ2v) is 5.52. The van der Waals surface area contributed by atoms with Gasteiger partial charge in [-0.3, -0.25) is 4.90 Å². The largest absolute Gasteiger partial charge is 0.504 e. The number of phenolic OH excluding ortho intramolecular Hbond substituents is 2. The Balaban J connectivity index is 2.11. The molecule has 2 aromatic rings. The molecule has 0 spiro atoms. The van der Waals surface area contributed by atoms with E-state index in [-0.39, 0.29) is 23.4 Å². The Kier molecular flexibility index (Phi) is 3.50. The van der Waals surface area contributed by atoms with Crippen molar-refractivity contribution in [3.05, 3.63) is 59.4 Å². The fourth-order valence-corrected chi connectivity index (χ4v) is 2.62. The fraction of sp³-hybridized carbons (Fsp3) is 0.176. The summed E-state index contributed by atoms with van der Waals surface area (Å²) in [5, 5.41) is 23.0. The highest BCUT2D eigenvalue weighted by atomic mass is 19.1. The Bertz CT molecular complexity index is 739. The van der Waals surface area contributed by atoms with E-state index in [0.717, 1.165) is 16.8 Å². The van der Waals surface area contributed by atoms with Crippen LogP contribution in [0.3, 0.4) is 0 Å². The third kappa shape index (κ3) is 2.40. The predicted molar refractivity (Wildman–Crippen MR) is 84.2 cm³/mol. The van der Waals surface area contributed by atoms with Crippen LogP contribution in [0.25, 0.3) is 5.70 Å². The van der Waals surface area contributed by atoms with E-state index >= 15 is 0 Å². The molecule has 0 radical (unpaired) electrons. The zero-order valence-electron chi connectivity index (χ0n) is 12.3. The molecule has 3 rings (SSSR count). The van der Waals surface area contributed by atoms with Crippen LogP contribution in [0.4, 0.5) is 10.1 Å². The van der Waals surface area contributed by atoms with Gasteiger partial charge in [0.2, 0.25) is 0 Å². The second kappa shape index (κ2) is 5.35. The number of aromatic hydroxyl groups is 2. The summed E-state index contributed by atoms with van der Waals surface area (Å²) in [6, 6.07) is 9.31. The summed E-state index contributed by atoms with van der Waals surface area (Å²) in [5.41, 5.74) is 2.90. The van der Waals surface area contributed by atoms with Crippen molar-refractivity contribution in [2.75, 3.05) is 19.4 Å². The molecule has 1 heterocycles. The molecular weight excluding hydrogens is 283 g/mol. The van der Waals surface area contributed by atoms with E-state index in [2.05, 4.69) is 5.32 Å². The van der Waals surface area contributed by atoms with Crippen molar-refractivity contribution in [1.29, 1.82) is 0 Å². The molecule has 1 unspecified atom stereocenters. The standard InChI is InChI=1S/C17H17FN2O2/c1-20(2)14-9-13(10-3-5-11(18)6-4-10)19-16-12(14)7-8-15(21)17(16)22/h3-9,14,19,21-22H,1-2H3. The van der Waals surface area contributed by atoms with Gasteiger partial charge in [-0.1, -0.05) is 18.2 Å². The number of hydrogen-bond donors (Lipinski definition) is 3. The van der Waals surface area contributed by atoms with Crippen LogP contribution in [0.2, 0.25) is 0 Å². The number of phenols is 2. The molecule has 0 aromatic heterocycles. The Hall–Kier alpha value is -2.53. The van der Waals surface area contributed by atoms with Gasteiger partial charge in [0, 0.05) is 11.3 Å². The van der Waals surface area contributed by atoms with Gasteiger partial charge < -0.3 is 15.5 Å². The first-order valence-corrected chi connectivity index (χ1v) is 6.93. The molecule has 5 heteroatoms. The van der Waals surface area contributed by atoms with Crippen molar-refractivity contribution in [2.24, 2.45) is 0 Å². The van der Waals surface area contributed by atoms with Crippen molar-refractivity contribution in [3.63, 3.8) is 0 Å². The summed E-state index contributed by atoms with van der Waals surface area (Å²) >= 11 is 0. The van der Waals surface area contributed by atoms with Gasteiger partial charge in [-0.05, 0) is 43.9 Å². The molecule has 2 aromatic carbocycles. The van der Waals surface area contributed by atoms with Crippen LogP contribution in [0.5, 0.6) is 11.5 Å². The predicted octanol–water partition coefficient (Wildman–Crippen LogP) is 3.31. The average molecular weight is 300 g/mol. The van der Waals surface area contributed by atoms with Crippen LogP contribution < -0.4 is 5.32 Å². The third-order valence-electron chi connectivity index (χ3n) is 3.80. The maximum absolute atomic E-state index is 13.1. The Labute approximate surface area is 128 Å². The number of anilines is 1. The van der Waals surface area contributed by atoms with Crippen LogP contribution in [0.15, 0.2) is 42.5 Å². The number of hydrogen-bond acceptors (Lipinski definition) is 4. The number of nitrogens with one attached hydrogen (secondary N) is 1. The lowest BCUT2D eigenvalue weighted by molar-refractivity contribution is 0.348. The highest BCUT2D eigenvalue weighted by molar-refractivity contribution is 5.85. The first-order chi connectivity index (χ1) is 10.5. The Morgan fingerprint density at radius 1 is 1.05 bits per heavy atom. The lowest BCUT2D eigenvalue weighted by Gasteiger charge is -2.31. The minimum Gasteiger partial charge on any atom is -0.504 e. The number of rotatable bonds is 2. The highest BCUT2D eigenvalue weighted by Gasteiger charge is 2.25. The second-order valence-electron chi connectivity index (χ2n) is 5.52. The summed E-state index contributed by atoms with van der Waals surface area (Å²) < 4.78 is 13.1. The number of halogens is 1. The van der Waals surface area contributed by atoms with Gasteiger partial charge in [-0.25, -0.2) is 4.39 Å². The van der Waals surface area contributed by atoms with Gasteiger partial charge in [0.1, 0.15) is 5.82 Å². The summed E-state index contributed by atoms with van der Waals surface area (Å²) in [6.45, 7) is 0. The molecule has 0 saturated heterocycles. The van der Waals surface area contributed by atoms with E-state index in [0.29, 0.717) is 5.69 Å². The average Bonchev–Trinajstić information content (AvgIpc) is 2.51. The van der Waals surface area contributed by atoms with Crippen LogP contribution >= 0.6 is 0 Å². The van der Waals surface area contributed by atoms with Gasteiger partial charge >= 0.3 is 0 Å². The molecule has 0 aliphatic carbocycles. The topological polar surface area (TPSA) is 55.7 Å².